The topological polar surface area (TPSA) is 136 Å². The number of ether oxygens (including phenoxy) is 2. The lowest BCUT2D eigenvalue weighted by atomic mass is 9.81. The molecule has 0 fully saturated rings. The van der Waals surface area contributed by atoms with Crippen molar-refractivity contribution in [1.29, 1.82) is 5.26 Å². The molecule has 192 valence electrons. The van der Waals surface area contributed by atoms with E-state index in [-0.39, 0.29) is 22.7 Å². The van der Waals surface area contributed by atoms with Gasteiger partial charge in [-0.1, -0.05) is 42.5 Å². The highest BCUT2D eigenvalue weighted by Gasteiger charge is 2.43. The van der Waals surface area contributed by atoms with Crippen LogP contribution in [0.1, 0.15) is 30.1 Å². The van der Waals surface area contributed by atoms with Crippen molar-refractivity contribution in [3.63, 3.8) is 0 Å². The highest BCUT2D eigenvalue weighted by atomic mass is 16.5. The van der Waals surface area contributed by atoms with E-state index < -0.39 is 17.9 Å². The fraction of sp³-hybridized carbons (Fsp3) is 0.250. The highest BCUT2D eigenvalue weighted by molar-refractivity contribution is 6.06. The summed E-state index contributed by atoms with van der Waals surface area (Å²) in [5, 5.41) is 19.0. The molecule has 0 aliphatic carbocycles. The zero-order valence-electron chi connectivity index (χ0n) is 21.0. The highest BCUT2D eigenvalue weighted by Crippen LogP contribution is 2.43. The van der Waals surface area contributed by atoms with Crippen LogP contribution in [0, 0.1) is 11.3 Å². The second kappa shape index (κ2) is 10.2. The molecule has 38 heavy (non-hydrogen) atoms. The van der Waals surface area contributed by atoms with E-state index in [1.807, 2.05) is 12.1 Å². The molecule has 0 radical (unpaired) electrons. The summed E-state index contributed by atoms with van der Waals surface area (Å²) < 4.78 is 12.3. The number of fused-ring (bicyclic) bond motifs is 1. The SMILES string of the molecule is COC(=O)C1=C(C(=O)OC)N(c2cccc(-c3nnc4n3CCCC4)c2)C(N)=C(C#N)C1c1ccccc1. The number of nitrogens with zero attached hydrogens (tertiary/aromatic N) is 5. The maximum atomic E-state index is 13.3. The Kier molecular flexibility index (Phi) is 6.66. The van der Waals surface area contributed by atoms with Crippen LogP contribution in [0.5, 0.6) is 0 Å². The molecule has 1 unspecified atom stereocenters. The van der Waals surface area contributed by atoms with Crippen molar-refractivity contribution in [2.45, 2.75) is 31.7 Å². The molecule has 0 bridgehead atoms. The molecule has 0 saturated carbocycles. The van der Waals surface area contributed by atoms with Gasteiger partial charge in [0.05, 0.1) is 37.4 Å². The number of methoxy groups -OCH3 is 2. The molecule has 5 rings (SSSR count). The lowest BCUT2D eigenvalue weighted by molar-refractivity contribution is -0.139. The van der Waals surface area contributed by atoms with E-state index in [0.717, 1.165) is 37.2 Å². The van der Waals surface area contributed by atoms with Crippen LogP contribution in [0.15, 0.2) is 77.3 Å². The third-order valence-corrected chi connectivity index (χ3v) is 6.83. The molecular formula is C28H26N6O4. The molecule has 1 aromatic heterocycles. The second-order valence-corrected chi connectivity index (χ2v) is 8.93. The van der Waals surface area contributed by atoms with E-state index in [2.05, 4.69) is 20.8 Å². The molecule has 2 aromatic carbocycles. The smallest absolute Gasteiger partial charge is 0.355 e. The Morgan fingerprint density at radius 2 is 1.79 bits per heavy atom. The molecule has 0 saturated heterocycles. The minimum Gasteiger partial charge on any atom is -0.466 e. The fourth-order valence-corrected chi connectivity index (χ4v) is 5.09. The zero-order chi connectivity index (χ0) is 26.8. The van der Waals surface area contributed by atoms with Gasteiger partial charge >= 0.3 is 11.9 Å². The van der Waals surface area contributed by atoms with Gasteiger partial charge < -0.3 is 19.8 Å². The summed E-state index contributed by atoms with van der Waals surface area (Å²) in [6.45, 7) is 0.810. The average molecular weight is 511 g/mol. The molecule has 2 aliphatic heterocycles. The number of carbonyl (C=O) groups excluding carboxylic acids is 2. The number of rotatable bonds is 5. The van der Waals surface area contributed by atoms with Crippen LogP contribution in [-0.2, 0) is 32.0 Å². The third kappa shape index (κ3) is 4.08. The number of benzene rings is 2. The number of nitrogens with two attached hydrogens (primary N) is 1. The van der Waals surface area contributed by atoms with Gasteiger partial charge in [-0.25, -0.2) is 9.59 Å². The van der Waals surface area contributed by atoms with E-state index >= 15 is 0 Å². The van der Waals surface area contributed by atoms with Gasteiger partial charge in [-0.05, 0) is 30.5 Å². The number of hydrogen-bond donors (Lipinski definition) is 1. The van der Waals surface area contributed by atoms with Crippen molar-refractivity contribution in [3.05, 3.63) is 88.6 Å². The first-order valence-electron chi connectivity index (χ1n) is 12.2. The number of hydrogen-bond acceptors (Lipinski definition) is 9. The monoisotopic (exact) mass is 510 g/mol. The van der Waals surface area contributed by atoms with Crippen LogP contribution < -0.4 is 10.6 Å². The predicted molar refractivity (Wildman–Crippen MR) is 138 cm³/mol. The Bertz CT molecular complexity index is 1520. The first-order valence-corrected chi connectivity index (χ1v) is 12.2. The molecule has 1 atom stereocenters. The quantitative estimate of drug-likeness (QED) is 0.513. The molecule has 10 heteroatoms. The maximum Gasteiger partial charge on any atom is 0.355 e. The summed E-state index contributed by atoms with van der Waals surface area (Å²) >= 11 is 0. The molecule has 2 aliphatic rings. The van der Waals surface area contributed by atoms with Crippen LogP contribution in [0.2, 0.25) is 0 Å². The van der Waals surface area contributed by atoms with Crippen molar-refractivity contribution in [2.24, 2.45) is 5.73 Å². The Morgan fingerprint density at radius 1 is 1.03 bits per heavy atom. The summed E-state index contributed by atoms with van der Waals surface area (Å²) in [6.07, 6.45) is 2.96. The van der Waals surface area contributed by atoms with Crippen LogP contribution >= 0.6 is 0 Å². The van der Waals surface area contributed by atoms with Gasteiger partial charge in [0.2, 0.25) is 0 Å². The summed E-state index contributed by atoms with van der Waals surface area (Å²) in [5.74, 6) is -0.862. The lowest BCUT2D eigenvalue weighted by Gasteiger charge is -2.36. The van der Waals surface area contributed by atoms with Crippen molar-refractivity contribution in [1.82, 2.24) is 14.8 Å². The Hall–Kier alpha value is -4.91. The molecule has 3 heterocycles. The maximum absolute atomic E-state index is 13.3. The summed E-state index contributed by atoms with van der Waals surface area (Å²) in [6, 6.07) is 18.3. The molecule has 3 aromatic rings. The van der Waals surface area contributed by atoms with Crippen molar-refractivity contribution in [3.8, 4) is 17.5 Å². The molecular weight excluding hydrogens is 484 g/mol. The number of anilines is 1. The molecule has 0 spiro atoms. The van der Waals surface area contributed by atoms with Gasteiger partial charge in [-0.3, -0.25) is 4.90 Å². The fourth-order valence-electron chi connectivity index (χ4n) is 5.09. The average Bonchev–Trinajstić information content (AvgIpc) is 3.40. The number of nitriles is 1. The molecule has 0 amide bonds. The number of esters is 2. The van der Waals surface area contributed by atoms with Crippen LogP contribution in [-0.4, -0.2) is 40.9 Å². The lowest BCUT2D eigenvalue weighted by Crippen LogP contribution is -2.40. The number of aryl methyl sites for hydroxylation is 1. The van der Waals surface area contributed by atoms with Crippen molar-refractivity contribution in [2.75, 3.05) is 19.1 Å². The Labute approximate surface area is 219 Å². The number of carbonyl (C=O) groups is 2. The minimum absolute atomic E-state index is 0.00910. The first kappa shape index (κ1) is 24.8. The van der Waals surface area contributed by atoms with E-state index in [1.165, 1.54) is 19.1 Å². The third-order valence-electron chi connectivity index (χ3n) is 6.83. The summed E-state index contributed by atoms with van der Waals surface area (Å²) in [7, 11) is 2.44. The van der Waals surface area contributed by atoms with E-state index in [4.69, 9.17) is 15.2 Å². The van der Waals surface area contributed by atoms with Crippen molar-refractivity contribution >= 4 is 17.6 Å². The van der Waals surface area contributed by atoms with Crippen LogP contribution in [0.25, 0.3) is 11.4 Å². The van der Waals surface area contributed by atoms with E-state index in [0.29, 0.717) is 17.1 Å². The first-order chi connectivity index (χ1) is 18.5. The van der Waals surface area contributed by atoms with Crippen LogP contribution in [0.4, 0.5) is 5.69 Å². The van der Waals surface area contributed by atoms with Gasteiger partial charge in [0.25, 0.3) is 0 Å². The van der Waals surface area contributed by atoms with Gasteiger partial charge in [0, 0.05) is 24.2 Å². The number of allylic oxidation sites excluding steroid dienone is 1. The summed E-state index contributed by atoms with van der Waals surface area (Å²) in [4.78, 5) is 27.9. The van der Waals surface area contributed by atoms with Crippen molar-refractivity contribution < 1.29 is 19.1 Å². The Morgan fingerprint density at radius 3 is 2.50 bits per heavy atom. The largest absolute Gasteiger partial charge is 0.466 e. The Balaban J connectivity index is 1.74. The van der Waals surface area contributed by atoms with Gasteiger partial charge in [-0.15, -0.1) is 10.2 Å². The second-order valence-electron chi connectivity index (χ2n) is 8.93. The molecule has 2 N–H and O–H groups in total. The van der Waals surface area contributed by atoms with Gasteiger partial charge in [0.15, 0.2) is 5.82 Å². The zero-order valence-corrected chi connectivity index (χ0v) is 21.0. The van der Waals surface area contributed by atoms with Gasteiger partial charge in [-0.2, -0.15) is 5.26 Å². The van der Waals surface area contributed by atoms with Crippen LogP contribution in [0.3, 0.4) is 0 Å². The van der Waals surface area contributed by atoms with E-state index in [9.17, 15) is 14.9 Å². The summed E-state index contributed by atoms with van der Waals surface area (Å²) in [5.41, 5.74) is 8.38. The molecule has 10 nitrogen and oxygen atoms in total. The normalized spacial score (nSPS) is 17.1. The standard InChI is InChI=1S/C28H26N6O4/c1-37-27(35)23-22(17-9-4-3-5-10-17)20(16-29)25(30)34(24(23)28(36)38-2)19-12-8-11-18(15-19)26-32-31-21-13-6-7-14-33(21)26/h3-5,8-12,15,22H,6-7,13-14,30H2,1-2H3. The number of aromatic nitrogens is 3. The van der Waals surface area contributed by atoms with E-state index in [1.54, 1.807) is 42.5 Å². The van der Waals surface area contributed by atoms with Gasteiger partial charge in [0.1, 0.15) is 17.3 Å². The predicted octanol–water partition coefficient (Wildman–Crippen LogP) is 3.18. The minimum atomic E-state index is -0.925.